The van der Waals surface area contributed by atoms with Gasteiger partial charge in [0.25, 0.3) is 0 Å². The lowest BCUT2D eigenvalue weighted by atomic mass is 9.84. The second kappa shape index (κ2) is 11.1. The summed E-state index contributed by atoms with van der Waals surface area (Å²) in [4.78, 5) is 23.3. The van der Waals surface area contributed by atoms with E-state index in [1.807, 2.05) is 11.8 Å². The molecule has 0 bridgehead atoms. The maximum atomic E-state index is 11.7. The van der Waals surface area contributed by atoms with Crippen LogP contribution in [0.3, 0.4) is 0 Å². The van der Waals surface area contributed by atoms with Crippen molar-refractivity contribution in [1.82, 2.24) is 0 Å². The van der Waals surface area contributed by atoms with Crippen molar-refractivity contribution in [3.05, 3.63) is 0 Å². The van der Waals surface area contributed by atoms with Gasteiger partial charge in [-0.2, -0.15) is 11.8 Å². The zero-order chi connectivity index (χ0) is 16.3. The molecule has 0 rings (SSSR count). The Morgan fingerprint density at radius 2 is 1.90 bits per heavy atom. The molecule has 124 valence electrons. The number of Topliss-reactive ketones (excluding diaryl/α,β-unsaturated/α-hetero) is 1. The van der Waals surface area contributed by atoms with Crippen molar-refractivity contribution in [1.29, 1.82) is 0 Å². The van der Waals surface area contributed by atoms with E-state index in [0.29, 0.717) is 18.4 Å². The number of hydrogen-bond acceptors (Lipinski definition) is 4. The monoisotopic (exact) mass is 316 g/mol. The maximum Gasteiger partial charge on any atom is 0.316 e. The van der Waals surface area contributed by atoms with Crippen LogP contribution in [0.2, 0.25) is 0 Å². The molecule has 0 amide bonds. The van der Waals surface area contributed by atoms with Gasteiger partial charge in [0.05, 0.1) is 6.61 Å². The highest BCUT2D eigenvalue weighted by molar-refractivity contribution is 7.99. The third kappa shape index (κ3) is 8.50. The molecule has 0 aromatic carbocycles. The van der Waals surface area contributed by atoms with E-state index in [2.05, 4.69) is 20.8 Å². The second-order valence-electron chi connectivity index (χ2n) is 6.02. The molecule has 3 nitrogen and oxygen atoms in total. The molecule has 2 atom stereocenters. The quantitative estimate of drug-likeness (QED) is 0.302. The molecule has 0 saturated carbocycles. The van der Waals surface area contributed by atoms with E-state index in [-0.39, 0.29) is 11.8 Å². The third-order valence-electron chi connectivity index (χ3n) is 4.05. The van der Waals surface area contributed by atoms with Crippen LogP contribution in [0, 0.1) is 11.3 Å². The Morgan fingerprint density at radius 1 is 1.24 bits per heavy atom. The highest BCUT2D eigenvalue weighted by atomic mass is 32.2. The summed E-state index contributed by atoms with van der Waals surface area (Å²) in [6.07, 6.45) is 5.51. The molecule has 0 aromatic rings. The molecule has 0 spiro atoms. The van der Waals surface area contributed by atoms with Gasteiger partial charge in [0.1, 0.15) is 11.7 Å². The summed E-state index contributed by atoms with van der Waals surface area (Å²) in [7, 11) is 0. The fraction of sp³-hybridized carbons (Fsp3) is 0.882. The Bertz CT molecular complexity index is 317. The highest BCUT2D eigenvalue weighted by Crippen LogP contribution is 2.32. The normalized spacial score (nSPS) is 15.3. The number of thioether (sulfide) groups is 1. The summed E-state index contributed by atoms with van der Waals surface area (Å²) in [5, 5.41) is 0. The molecule has 2 unspecified atom stereocenters. The molecule has 4 heteroatoms. The number of carbonyl (C=O) groups is 2. The standard InChI is InChI=1S/C17H32O3S/c1-6-9-11-17(5,7-2)13-21-12-10-15(14(4)18)16(19)20-8-3/h15H,6-13H2,1-5H3. The molecule has 0 fully saturated rings. The van der Waals surface area contributed by atoms with Crippen LogP contribution in [0.4, 0.5) is 0 Å². The molecular formula is C17H32O3S. The van der Waals surface area contributed by atoms with Gasteiger partial charge in [-0.1, -0.05) is 33.6 Å². The summed E-state index contributed by atoms with van der Waals surface area (Å²) in [6.45, 7) is 10.4. The van der Waals surface area contributed by atoms with Crippen LogP contribution in [0.15, 0.2) is 0 Å². The predicted molar refractivity (Wildman–Crippen MR) is 90.7 cm³/mol. The van der Waals surface area contributed by atoms with Crippen molar-refractivity contribution in [2.75, 3.05) is 18.1 Å². The minimum Gasteiger partial charge on any atom is -0.465 e. The average Bonchev–Trinajstić information content (AvgIpc) is 2.44. The molecule has 0 aliphatic rings. The summed E-state index contributed by atoms with van der Waals surface area (Å²) in [5.74, 6) is 0.899. The van der Waals surface area contributed by atoms with Crippen molar-refractivity contribution in [2.24, 2.45) is 11.3 Å². The number of ketones is 1. The van der Waals surface area contributed by atoms with Crippen molar-refractivity contribution < 1.29 is 14.3 Å². The lowest BCUT2D eigenvalue weighted by molar-refractivity contribution is -0.151. The first kappa shape index (κ1) is 20.5. The molecule has 0 aliphatic carbocycles. The zero-order valence-electron chi connectivity index (χ0n) is 14.4. The maximum absolute atomic E-state index is 11.7. The SMILES string of the molecule is CCCCC(C)(CC)CSCCC(C(C)=O)C(=O)OCC. The minimum atomic E-state index is -0.582. The van der Waals surface area contributed by atoms with Gasteiger partial charge in [0.15, 0.2) is 0 Å². The Hall–Kier alpha value is -0.510. The fourth-order valence-corrected chi connectivity index (χ4v) is 3.59. The number of ether oxygens (including phenoxy) is 1. The first-order chi connectivity index (χ1) is 9.90. The number of rotatable bonds is 12. The highest BCUT2D eigenvalue weighted by Gasteiger charge is 2.25. The number of hydrogen-bond donors (Lipinski definition) is 0. The first-order valence-electron chi connectivity index (χ1n) is 8.15. The lowest BCUT2D eigenvalue weighted by Gasteiger charge is -2.28. The van der Waals surface area contributed by atoms with E-state index in [0.717, 1.165) is 11.5 Å². The van der Waals surface area contributed by atoms with Gasteiger partial charge in [-0.15, -0.1) is 0 Å². The summed E-state index contributed by atoms with van der Waals surface area (Å²) in [5.41, 5.74) is 0.371. The molecule has 0 radical (unpaired) electrons. The van der Waals surface area contributed by atoms with Crippen LogP contribution in [0.1, 0.15) is 66.7 Å². The third-order valence-corrected chi connectivity index (χ3v) is 5.48. The van der Waals surface area contributed by atoms with E-state index >= 15 is 0 Å². The van der Waals surface area contributed by atoms with E-state index in [4.69, 9.17) is 4.74 Å². The molecule has 0 N–H and O–H groups in total. The van der Waals surface area contributed by atoms with Gasteiger partial charge in [-0.3, -0.25) is 9.59 Å². The first-order valence-corrected chi connectivity index (χ1v) is 9.30. The number of esters is 1. The molecule has 0 aromatic heterocycles. The molecule has 21 heavy (non-hydrogen) atoms. The van der Waals surface area contributed by atoms with Crippen molar-refractivity contribution >= 4 is 23.5 Å². The number of unbranched alkanes of at least 4 members (excludes halogenated alkanes) is 1. The van der Waals surface area contributed by atoms with Gasteiger partial charge in [0.2, 0.25) is 0 Å². The van der Waals surface area contributed by atoms with Gasteiger partial charge in [-0.25, -0.2) is 0 Å². The predicted octanol–water partition coefficient (Wildman–Crippen LogP) is 4.48. The summed E-state index contributed by atoms with van der Waals surface area (Å²) >= 11 is 1.86. The molecular weight excluding hydrogens is 284 g/mol. The van der Waals surface area contributed by atoms with Crippen LogP contribution in [0.5, 0.6) is 0 Å². The van der Waals surface area contributed by atoms with Crippen molar-refractivity contribution in [3.63, 3.8) is 0 Å². The van der Waals surface area contributed by atoms with Crippen LogP contribution in [-0.4, -0.2) is 29.9 Å². The smallest absolute Gasteiger partial charge is 0.316 e. The Labute approximate surface area is 134 Å². The van der Waals surface area contributed by atoms with E-state index in [9.17, 15) is 9.59 Å². The Balaban J connectivity index is 4.20. The van der Waals surface area contributed by atoms with Gasteiger partial charge in [-0.05, 0) is 50.0 Å². The molecule has 0 aliphatic heterocycles. The molecule has 0 heterocycles. The van der Waals surface area contributed by atoms with Crippen molar-refractivity contribution in [3.8, 4) is 0 Å². The van der Waals surface area contributed by atoms with E-state index in [1.165, 1.54) is 32.6 Å². The molecule has 0 saturated heterocycles. The summed E-state index contributed by atoms with van der Waals surface area (Å²) < 4.78 is 4.97. The lowest BCUT2D eigenvalue weighted by Crippen LogP contribution is -2.25. The van der Waals surface area contributed by atoms with Crippen LogP contribution in [0.25, 0.3) is 0 Å². The Kier molecular flexibility index (Phi) is 10.8. The average molecular weight is 317 g/mol. The minimum absolute atomic E-state index is 0.0849. The van der Waals surface area contributed by atoms with Crippen LogP contribution in [-0.2, 0) is 14.3 Å². The van der Waals surface area contributed by atoms with E-state index in [1.54, 1.807) is 6.92 Å². The zero-order valence-corrected chi connectivity index (χ0v) is 15.2. The van der Waals surface area contributed by atoms with Crippen molar-refractivity contribution in [2.45, 2.75) is 66.7 Å². The van der Waals surface area contributed by atoms with Gasteiger partial charge in [0, 0.05) is 0 Å². The number of carbonyl (C=O) groups excluding carboxylic acids is 2. The van der Waals surface area contributed by atoms with Crippen LogP contribution >= 0.6 is 11.8 Å². The topological polar surface area (TPSA) is 43.4 Å². The largest absolute Gasteiger partial charge is 0.465 e. The Morgan fingerprint density at radius 3 is 2.38 bits per heavy atom. The summed E-state index contributed by atoms with van der Waals surface area (Å²) in [6, 6.07) is 0. The van der Waals surface area contributed by atoms with Gasteiger partial charge >= 0.3 is 5.97 Å². The van der Waals surface area contributed by atoms with E-state index < -0.39 is 5.92 Å². The van der Waals surface area contributed by atoms with Crippen LogP contribution < -0.4 is 0 Å². The fourth-order valence-electron chi connectivity index (χ4n) is 2.20. The van der Waals surface area contributed by atoms with Gasteiger partial charge < -0.3 is 4.74 Å². The second-order valence-corrected chi connectivity index (χ2v) is 7.13.